The molecule has 0 unspecified atom stereocenters. The van der Waals surface area contributed by atoms with Crippen LogP contribution in [-0.4, -0.2) is 17.6 Å². The zero-order chi connectivity index (χ0) is 20.1. The normalized spacial score (nSPS) is 11.8. The van der Waals surface area contributed by atoms with Crippen molar-refractivity contribution in [3.8, 4) is 0 Å². The smallest absolute Gasteiger partial charge is 0.330 e. The second kappa shape index (κ2) is 8.44. The van der Waals surface area contributed by atoms with Crippen molar-refractivity contribution in [3.05, 3.63) is 114 Å². The molecule has 0 amide bonds. The molecule has 1 heterocycles. The van der Waals surface area contributed by atoms with Gasteiger partial charge in [-0.2, -0.15) is 0 Å². The lowest BCUT2D eigenvalue weighted by Crippen LogP contribution is -1.97. The summed E-state index contributed by atoms with van der Waals surface area (Å²) in [5.41, 5.74) is 5.44. The molecule has 0 saturated carbocycles. The van der Waals surface area contributed by atoms with E-state index in [1.807, 2.05) is 30.3 Å². The summed E-state index contributed by atoms with van der Waals surface area (Å²) >= 11 is 0. The molecule has 4 aromatic rings. The lowest BCUT2D eigenvalue weighted by atomic mass is 10.1. The minimum Gasteiger partial charge on any atom is -0.466 e. The summed E-state index contributed by atoms with van der Waals surface area (Å²) in [5.74, 6) is -0.361. The van der Waals surface area contributed by atoms with Crippen LogP contribution in [0.1, 0.15) is 16.7 Å². The number of hydrogen-bond donors (Lipinski definition) is 0. The van der Waals surface area contributed by atoms with Crippen molar-refractivity contribution in [1.82, 2.24) is 4.57 Å². The van der Waals surface area contributed by atoms with E-state index in [1.54, 1.807) is 6.08 Å². The van der Waals surface area contributed by atoms with Crippen molar-refractivity contribution < 1.29 is 9.53 Å². The van der Waals surface area contributed by atoms with Crippen LogP contribution in [-0.2, 0) is 9.53 Å². The molecule has 0 bridgehead atoms. The Labute approximate surface area is 170 Å². The van der Waals surface area contributed by atoms with Crippen LogP contribution in [0.2, 0.25) is 0 Å². The van der Waals surface area contributed by atoms with Gasteiger partial charge in [-0.15, -0.1) is 0 Å². The van der Waals surface area contributed by atoms with Gasteiger partial charge in [-0.1, -0.05) is 66.7 Å². The van der Waals surface area contributed by atoms with Crippen molar-refractivity contribution in [2.24, 2.45) is 0 Å². The van der Waals surface area contributed by atoms with Gasteiger partial charge in [0.1, 0.15) is 0 Å². The van der Waals surface area contributed by atoms with Crippen LogP contribution in [0.3, 0.4) is 0 Å². The molecular weight excluding hydrogens is 358 g/mol. The summed E-state index contributed by atoms with van der Waals surface area (Å²) in [7, 11) is 1.38. The van der Waals surface area contributed by atoms with Gasteiger partial charge in [0.2, 0.25) is 0 Å². The lowest BCUT2D eigenvalue weighted by molar-refractivity contribution is -0.134. The second-order valence-electron chi connectivity index (χ2n) is 6.67. The molecule has 0 aliphatic carbocycles. The van der Waals surface area contributed by atoms with Crippen molar-refractivity contribution in [2.75, 3.05) is 7.11 Å². The minimum atomic E-state index is -0.361. The van der Waals surface area contributed by atoms with Crippen LogP contribution in [0.4, 0.5) is 0 Å². The monoisotopic (exact) mass is 379 g/mol. The predicted molar refractivity (Wildman–Crippen MR) is 119 cm³/mol. The molecule has 0 radical (unpaired) electrons. The van der Waals surface area contributed by atoms with E-state index in [4.69, 9.17) is 0 Å². The van der Waals surface area contributed by atoms with Gasteiger partial charge in [-0.05, 0) is 47.0 Å². The number of carbonyl (C=O) groups is 1. The number of fused-ring (bicyclic) bond motifs is 1. The van der Waals surface area contributed by atoms with E-state index < -0.39 is 0 Å². The first-order chi connectivity index (χ1) is 14.2. The molecule has 29 heavy (non-hydrogen) atoms. The molecular formula is C26H21NO2. The number of carbonyl (C=O) groups excluding carboxylic acids is 1. The Balaban J connectivity index is 1.80. The lowest BCUT2D eigenvalue weighted by Gasteiger charge is -2.12. The highest BCUT2D eigenvalue weighted by Gasteiger charge is 2.09. The maximum absolute atomic E-state index is 11.4. The van der Waals surface area contributed by atoms with Gasteiger partial charge in [-0.3, -0.25) is 0 Å². The Morgan fingerprint density at radius 2 is 1.59 bits per heavy atom. The number of aromatic nitrogens is 1. The van der Waals surface area contributed by atoms with Gasteiger partial charge < -0.3 is 9.30 Å². The molecule has 142 valence electrons. The van der Waals surface area contributed by atoms with E-state index in [0.29, 0.717) is 0 Å². The summed E-state index contributed by atoms with van der Waals surface area (Å²) < 4.78 is 6.86. The highest BCUT2D eigenvalue weighted by molar-refractivity contribution is 5.93. The molecule has 0 aliphatic rings. The summed E-state index contributed by atoms with van der Waals surface area (Å²) in [6, 6.07) is 28.9. The maximum Gasteiger partial charge on any atom is 0.330 e. The van der Waals surface area contributed by atoms with Gasteiger partial charge >= 0.3 is 5.97 Å². The third-order valence-corrected chi connectivity index (χ3v) is 4.76. The minimum absolute atomic E-state index is 0.361. The highest BCUT2D eigenvalue weighted by Crippen LogP contribution is 2.27. The van der Waals surface area contributed by atoms with Crippen molar-refractivity contribution in [1.29, 1.82) is 0 Å². The molecule has 3 nitrogen and oxygen atoms in total. The summed E-state index contributed by atoms with van der Waals surface area (Å²) in [6.07, 6.45) is 7.48. The zero-order valence-electron chi connectivity index (χ0n) is 16.2. The third kappa shape index (κ3) is 4.19. The number of benzene rings is 3. The van der Waals surface area contributed by atoms with Crippen LogP contribution in [0.5, 0.6) is 0 Å². The second-order valence-corrected chi connectivity index (χ2v) is 6.67. The molecule has 0 aliphatic heterocycles. The predicted octanol–water partition coefficient (Wildman–Crippen LogP) is 5.87. The van der Waals surface area contributed by atoms with Crippen molar-refractivity contribution in [2.45, 2.75) is 0 Å². The molecule has 0 spiro atoms. The fourth-order valence-corrected chi connectivity index (χ4v) is 3.32. The van der Waals surface area contributed by atoms with Gasteiger partial charge in [0.25, 0.3) is 0 Å². The Morgan fingerprint density at radius 3 is 2.31 bits per heavy atom. The fourth-order valence-electron chi connectivity index (χ4n) is 3.32. The Hall–Kier alpha value is -3.85. The van der Waals surface area contributed by atoms with Crippen LogP contribution in [0.25, 0.3) is 28.8 Å². The van der Waals surface area contributed by atoms with Crippen molar-refractivity contribution >= 4 is 34.7 Å². The molecule has 3 aromatic carbocycles. The standard InChI is InChI=1S/C26H21NO2/c1-29-26(28)15-13-21-12-14-24-23(18-21)16-17-27(24)25(22-10-6-3-7-11-22)19-20-8-4-2-5-9-20/h2-19H,1H3/b15-13+,25-19-. The van der Waals surface area contributed by atoms with E-state index >= 15 is 0 Å². The molecule has 0 atom stereocenters. The molecule has 0 saturated heterocycles. The van der Waals surface area contributed by atoms with Gasteiger partial charge in [-0.25, -0.2) is 4.79 Å². The first kappa shape index (κ1) is 18.5. The summed E-state index contributed by atoms with van der Waals surface area (Å²) in [5, 5.41) is 1.10. The number of rotatable bonds is 5. The Kier molecular flexibility index (Phi) is 5.39. The maximum atomic E-state index is 11.4. The molecule has 4 rings (SSSR count). The third-order valence-electron chi connectivity index (χ3n) is 4.76. The van der Waals surface area contributed by atoms with Crippen LogP contribution in [0, 0.1) is 0 Å². The quantitative estimate of drug-likeness (QED) is 0.246. The van der Waals surface area contributed by atoms with E-state index in [1.165, 1.54) is 13.2 Å². The van der Waals surface area contributed by atoms with E-state index in [2.05, 4.69) is 76.2 Å². The fraction of sp³-hybridized carbons (Fsp3) is 0.0385. The first-order valence-electron chi connectivity index (χ1n) is 9.44. The number of nitrogens with zero attached hydrogens (tertiary/aromatic N) is 1. The average molecular weight is 379 g/mol. The first-order valence-corrected chi connectivity index (χ1v) is 9.44. The van der Waals surface area contributed by atoms with Crippen LogP contribution < -0.4 is 0 Å². The number of hydrogen-bond acceptors (Lipinski definition) is 2. The van der Waals surface area contributed by atoms with Crippen molar-refractivity contribution in [3.63, 3.8) is 0 Å². The molecule has 0 fully saturated rings. The number of esters is 1. The number of methoxy groups -OCH3 is 1. The topological polar surface area (TPSA) is 31.2 Å². The van der Waals surface area contributed by atoms with E-state index in [-0.39, 0.29) is 5.97 Å². The largest absolute Gasteiger partial charge is 0.466 e. The van der Waals surface area contributed by atoms with Gasteiger partial charge in [0.15, 0.2) is 0 Å². The SMILES string of the molecule is COC(=O)/C=C/c1ccc2c(ccn2/C(=C\c2ccccc2)c2ccccc2)c1. The van der Waals surface area contributed by atoms with Crippen LogP contribution in [0.15, 0.2) is 97.2 Å². The molecule has 3 heteroatoms. The van der Waals surface area contributed by atoms with E-state index in [9.17, 15) is 4.79 Å². The van der Waals surface area contributed by atoms with E-state index in [0.717, 1.165) is 33.3 Å². The van der Waals surface area contributed by atoms with Gasteiger partial charge in [0.05, 0.1) is 18.3 Å². The average Bonchev–Trinajstić information content (AvgIpc) is 3.20. The van der Waals surface area contributed by atoms with Gasteiger partial charge in [0, 0.05) is 17.7 Å². The summed E-state index contributed by atoms with van der Waals surface area (Å²) in [6.45, 7) is 0. The molecule has 0 N–H and O–H groups in total. The number of ether oxygens (including phenoxy) is 1. The Morgan fingerprint density at radius 1 is 0.862 bits per heavy atom. The summed E-state index contributed by atoms with van der Waals surface area (Å²) in [4.78, 5) is 11.4. The Bertz CT molecular complexity index is 1190. The highest BCUT2D eigenvalue weighted by atomic mass is 16.5. The zero-order valence-corrected chi connectivity index (χ0v) is 16.2. The van der Waals surface area contributed by atoms with Crippen LogP contribution >= 0.6 is 0 Å². The molecule has 1 aromatic heterocycles.